The summed E-state index contributed by atoms with van der Waals surface area (Å²) in [6.45, 7) is 4.00. The molecule has 5 nitrogen and oxygen atoms in total. The van der Waals surface area contributed by atoms with Crippen LogP contribution in [0.4, 0.5) is 10.8 Å². The average molecular weight is 357 g/mol. The Labute approximate surface area is 151 Å². The lowest BCUT2D eigenvalue weighted by molar-refractivity contribution is -0.119. The molecule has 1 fully saturated rings. The van der Waals surface area contributed by atoms with Gasteiger partial charge < -0.3 is 10.6 Å². The number of nitrogens with zero attached hydrogens (tertiary/aromatic N) is 1. The van der Waals surface area contributed by atoms with Gasteiger partial charge in [-0.2, -0.15) is 0 Å². The lowest BCUT2D eigenvalue weighted by Crippen LogP contribution is -2.20. The molecule has 0 bridgehead atoms. The molecule has 132 valence electrons. The van der Waals surface area contributed by atoms with Gasteiger partial charge in [0.15, 0.2) is 5.13 Å². The highest BCUT2D eigenvalue weighted by Gasteiger charge is 2.23. The van der Waals surface area contributed by atoms with Crippen molar-refractivity contribution < 1.29 is 9.59 Å². The van der Waals surface area contributed by atoms with Crippen molar-refractivity contribution in [2.75, 3.05) is 10.6 Å². The predicted molar refractivity (Wildman–Crippen MR) is 101 cm³/mol. The molecule has 2 N–H and O–H groups in total. The van der Waals surface area contributed by atoms with Gasteiger partial charge in [0.1, 0.15) is 0 Å². The quantitative estimate of drug-likeness (QED) is 0.847. The molecular weight excluding hydrogens is 334 g/mol. The summed E-state index contributed by atoms with van der Waals surface area (Å²) in [6.07, 6.45) is 4.37. The second kappa shape index (κ2) is 7.78. The van der Waals surface area contributed by atoms with Crippen LogP contribution < -0.4 is 10.6 Å². The average Bonchev–Trinajstić information content (AvgIpc) is 3.17. The second-order valence-electron chi connectivity index (χ2n) is 6.72. The molecular formula is C19H23N3O2S. The molecule has 25 heavy (non-hydrogen) atoms. The van der Waals surface area contributed by atoms with Crippen LogP contribution in [0.5, 0.6) is 0 Å². The van der Waals surface area contributed by atoms with Gasteiger partial charge in [0.25, 0.3) is 0 Å². The summed E-state index contributed by atoms with van der Waals surface area (Å²) in [6, 6.07) is 5.95. The third-order valence-electron chi connectivity index (χ3n) is 4.35. The van der Waals surface area contributed by atoms with E-state index in [-0.39, 0.29) is 24.2 Å². The maximum Gasteiger partial charge on any atom is 0.230 e. The van der Waals surface area contributed by atoms with Gasteiger partial charge in [0, 0.05) is 17.0 Å². The number of hydrogen-bond acceptors (Lipinski definition) is 4. The predicted octanol–water partition coefficient (Wildman–Crippen LogP) is 4.07. The summed E-state index contributed by atoms with van der Waals surface area (Å²) >= 11 is 1.37. The Morgan fingerprint density at radius 3 is 2.48 bits per heavy atom. The highest BCUT2D eigenvalue weighted by Crippen LogP contribution is 2.26. The number of carbonyl (C=O) groups is 2. The summed E-state index contributed by atoms with van der Waals surface area (Å²) in [5.74, 6) is 0.0577. The van der Waals surface area contributed by atoms with Crippen LogP contribution in [0.15, 0.2) is 23.6 Å². The number of benzene rings is 1. The van der Waals surface area contributed by atoms with Gasteiger partial charge in [-0.15, -0.1) is 11.3 Å². The first kappa shape index (κ1) is 17.6. The number of rotatable bonds is 5. The molecule has 0 aliphatic heterocycles. The molecule has 0 unspecified atom stereocenters. The summed E-state index contributed by atoms with van der Waals surface area (Å²) in [7, 11) is 0. The molecule has 1 aromatic carbocycles. The Kier molecular flexibility index (Phi) is 5.48. The normalized spacial score (nSPS) is 14.5. The SMILES string of the molecule is Cc1cc(C)cc(NC(=O)Cc2csc(NC(=O)C3CCCC3)n2)c1. The number of anilines is 2. The van der Waals surface area contributed by atoms with Crippen molar-refractivity contribution in [3.05, 3.63) is 40.4 Å². The topological polar surface area (TPSA) is 71.1 Å². The number of aromatic nitrogens is 1. The maximum absolute atomic E-state index is 12.2. The molecule has 2 amide bonds. The van der Waals surface area contributed by atoms with Crippen LogP contribution >= 0.6 is 11.3 Å². The van der Waals surface area contributed by atoms with E-state index < -0.39 is 0 Å². The van der Waals surface area contributed by atoms with Crippen molar-refractivity contribution >= 4 is 34.0 Å². The van der Waals surface area contributed by atoms with Gasteiger partial charge in [-0.05, 0) is 49.9 Å². The number of carbonyl (C=O) groups excluding carboxylic acids is 2. The van der Waals surface area contributed by atoms with E-state index in [1.54, 1.807) is 0 Å². The van der Waals surface area contributed by atoms with Crippen molar-refractivity contribution in [2.24, 2.45) is 5.92 Å². The highest BCUT2D eigenvalue weighted by molar-refractivity contribution is 7.13. The Hall–Kier alpha value is -2.21. The minimum atomic E-state index is -0.107. The van der Waals surface area contributed by atoms with Gasteiger partial charge in [0.05, 0.1) is 12.1 Å². The second-order valence-corrected chi connectivity index (χ2v) is 7.57. The number of nitrogens with one attached hydrogen (secondary N) is 2. The molecule has 1 heterocycles. The molecule has 0 spiro atoms. The number of hydrogen-bond donors (Lipinski definition) is 2. The van der Waals surface area contributed by atoms with E-state index in [0.29, 0.717) is 10.8 Å². The minimum Gasteiger partial charge on any atom is -0.326 e. The number of aryl methyl sites for hydroxylation is 2. The van der Waals surface area contributed by atoms with Gasteiger partial charge in [-0.1, -0.05) is 18.9 Å². The fraction of sp³-hybridized carbons (Fsp3) is 0.421. The smallest absolute Gasteiger partial charge is 0.230 e. The molecule has 0 radical (unpaired) electrons. The van der Waals surface area contributed by atoms with Crippen molar-refractivity contribution in [1.29, 1.82) is 0 Å². The molecule has 1 aliphatic carbocycles. The monoisotopic (exact) mass is 357 g/mol. The van der Waals surface area contributed by atoms with Crippen LogP contribution in [-0.4, -0.2) is 16.8 Å². The molecule has 0 atom stereocenters. The third-order valence-corrected chi connectivity index (χ3v) is 5.16. The summed E-state index contributed by atoms with van der Waals surface area (Å²) in [5, 5.41) is 8.18. The lowest BCUT2D eigenvalue weighted by atomic mass is 10.1. The van der Waals surface area contributed by atoms with Crippen LogP contribution in [0, 0.1) is 19.8 Å². The maximum atomic E-state index is 12.2. The van der Waals surface area contributed by atoms with E-state index in [1.165, 1.54) is 11.3 Å². The van der Waals surface area contributed by atoms with E-state index in [9.17, 15) is 9.59 Å². The lowest BCUT2D eigenvalue weighted by Gasteiger charge is -2.07. The summed E-state index contributed by atoms with van der Waals surface area (Å²) in [5.41, 5.74) is 3.70. The third kappa shape index (κ3) is 4.89. The van der Waals surface area contributed by atoms with Crippen molar-refractivity contribution in [2.45, 2.75) is 46.0 Å². The zero-order valence-corrected chi connectivity index (χ0v) is 15.4. The zero-order valence-electron chi connectivity index (χ0n) is 14.6. The number of thiazole rings is 1. The Morgan fingerprint density at radius 1 is 1.12 bits per heavy atom. The molecule has 2 aromatic rings. The van der Waals surface area contributed by atoms with Gasteiger partial charge in [0.2, 0.25) is 11.8 Å². The van der Waals surface area contributed by atoms with Crippen LogP contribution in [0.25, 0.3) is 0 Å². The summed E-state index contributed by atoms with van der Waals surface area (Å²) < 4.78 is 0. The van der Waals surface area contributed by atoms with Gasteiger partial charge in [-0.3, -0.25) is 9.59 Å². The number of amides is 2. The molecule has 0 saturated heterocycles. The Bertz CT molecular complexity index is 758. The van der Waals surface area contributed by atoms with Crippen molar-refractivity contribution in [3.63, 3.8) is 0 Å². The van der Waals surface area contributed by atoms with E-state index >= 15 is 0 Å². The van der Waals surface area contributed by atoms with Crippen molar-refractivity contribution in [3.8, 4) is 0 Å². The first-order chi connectivity index (χ1) is 12.0. The van der Waals surface area contributed by atoms with Gasteiger partial charge in [-0.25, -0.2) is 4.98 Å². The van der Waals surface area contributed by atoms with Crippen LogP contribution in [0.2, 0.25) is 0 Å². The van der Waals surface area contributed by atoms with E-state index in [1.807, 2.05) is 31.4 Å². The first-order valence-corrected chi connectivity index (χ1v) is 9.51. The van der Waals surface area contributed by atoms with Crippen LogP contribution in [0.1, 0.15) is 42.5 Å². The first-order valence-electron chi connectivity index (χ1n) is 8.63. The molecule has 3 rings (SSSR count). The fourth-order valence-corrected chi connectivity index (χ4v) is 3.97. The van der Waals surface area contributed by atoms with E-state index in [2.05, 4.69) is 21.7 Å². The van der Waals surface area contributed by atoms with Gasteiger partial charge >= 0.3 is 0 Å². The van der Waals surface area contributed by atoms with E-state index in [4.69, 9.17) is 0 Å². The summed E-state index contributed by atoms with van der Waals surface area (Å²) in [4.78, 5) is 28.7. The standard InChI is InChI=1S/C19H23N3O2S/c1-12-7-13(2)9-15(8-12)20-17(23)10-16-11-25-19(21-16)22-18(24)14-5-3-4-6-14/h7-9,11,14H,3-6,10H2,1-2H3,(H,20,23)(H,21,22,24). The Morgan fingerprint density at radius 2 is 1.80 bits per heavy atom. The molecule has 6 heteroatoms. The highest BCUT2D eigenvalue weighted by atomic mass is 32.1. The molecule has 1 aliphatic rings. The van der Waals surface area contributed by atoms with E-state index in [0.717, 1.165) is 42.5 Å². The van der Waals surface area contributed by atoms with Crippen LogP contribution in [-0.2, 0) is 16.0 Å². The fourth-order valence-electron chi connectivity index (χ4n) is 3.26. The largest absolute Gasteiger partial charge is 0.326 e. The zero-order chi connectivity index (χ0) is 17.8. The van der Waals surface area contributed by atoms with Crippen LogP contribution in [0.3, 0.4) is 0 Å². The molecule has 1 aromatic heterocycles. The minimum absolute atomic E-state index is 0.0538. The van der Waals surface area contributed by atoms with Crippen molar-refractivity contribution in [1.82, 2.24) is 4.98 Å². The molecule has 1 saturated carbocycles. The Balaban J connectivity index is 1.55.